The molecule has 0 aromatic heterocycles. The summed E-state index contributed by atoms with van der Waals surface area (Å²) in [6.45, 7) is 6.68. The number of amides is 1. The van der Waals surface area contributed by atoms with E-state index in [0.717, 1.165) is 5.56 Å². The van der Waals surface area contributed by atoms with Crippen LogP contribution in [-0.2, 0) is 20.9 Å². The fraction of sp³-hybridized carbons (Fsp3) is 0.357. The van der Waals surface area contributed by atoms with Crippen molar-refractivity contribution < 1.29 is 19.1 Å². The fourth-order valence-corrected chi connectivity index (χ4v) is 4.15. The lowest BCUT2D eigenvalue weighted by Crippen LogP contribution is -2.48. The molecule has 0 spiro atoms. The molecule has 37 heavy (non-hydrogen) atoms. The highest BCUT2D eigenvalue weighted by atomic mass is 16.6. The number of benzene rings is 2. The van der Waals surface area contributed by atoms with Crippen molar-refractivity contribution in [1.29, 1.82) is 5.26 Å². The van der Waals surface area contributed by atoms with Crippen LogP contribution < -0.4 is 10.6 Å². The molecule has 0 atom stereocenters. The van der Waals surface area contributed by atoms with Crippen molar-refractivity contribution in [3.63, 3.8) is 0 Å². The highest BCUT2D eigenvalue weighted by Crippen LogP contribution is 2.33. The van der Waals surface area contributed by atoms with E-state index in [1.807, 2.05) is 86.3 Å². The second kappa shape index (κ2) is 11.2. The Morgan fingerprint density at radius 2 is 1.78 bits per heavy atom. The zero-order valence-corrected chi connectivity index (χ0v) is 21.3. The van der Waals surface area contributed by atoms with Crippen LogP contribution in [0.5, 0.6) is 0 Å². The highest BCUT2D eigenvalue weighted by molar-refractivity contribution is 6.12. The van der Waals surface area contributed by atoms with Gasteiger partial charge in [0.15, 0.2) is 11.4 Å². The summed E-state index contributed by atoms with van der Waals surface area (Å²) in [7, 11) is 0. The SMILES string of the molecule is CC(C)(C)OC(=O)NC1CCN(C2=Nc3ccccc3N/C2=C(/C#N)C(=O)OCc2ccccc2)CC1. The summed E-state index contributed by atoms with van der Waals surface area (Å²) >= 11 is 0. The van der Waals surface area contributed by atoms with Crippen LogP contribution in [0.1, 0.15) is 39.2 Å². The monoisotopic (exact) mass is 501 g/mol. The molecular weight excluding hydrogens is 470 g/mol. The fourth-order valence-electron chi connectivity index (χ4n) is 4.15. The minimum absolute atomic E-state index is 0.0470. The molecule has 0 saturated carbocycles. The molecule has 2 heterocycles. The first kappa shape index (κ1) is 25.8. The summed E-state index contributed by atoms with van der Waals surface area (Å²) in [6, 6.07) is 18.7. The van der Waals surface area contributed by atoms with Crippen LogP contribution in [0.4, 0.5) is 16.2 Å². The average Bonchev–Trinajstić information content (AvgIpc) is 2.87. The van der Waals surface area contributed by atoms with Crippen molar-refractivity contribution in [2.24, 2.45) is 4.99 Å². The molecule has 2 N–H and O–H groups in total. The van der Waals surface area contributed by atoms with Crippen LogP contribution in [0.3, 0.4) is 0 Å². The molecule has 9 heteroatoms. The average molecular weight is 502 g/mol. The van der Waals surface area contributed by atoms with E-state index in [2.05, 4.69) is 10.6 Å². The lowest BCUT2D eigenvalue weighted by Gasteiger charge is -2.37. The summed E-state index contributed by atoms with van der Waals surface area (Å²) < 4.78 is 10.8. The van der Waals surface area contributed by atoms with Gasteiger partial charge in [0, 0.05) is 19.1 Å². The smallest absolute Gasteiger partial charge is 0.407 e. The third kappa shape index (κ3) is 6.67. The number of rotatable bonds is 4. The van der Waals surface area contributed by atoms with Crippen molar-refractivity contribution in [1.82, 2.24) is 10.2 Å². The summed E-state index contributed by atoms with van der Waals surface area (Å²) in [4.78, 5) is 32.0. The number of fused-ring (bicyclic) bond motifs is 1. The molecule has 0 bridgehead atoms. The van der Waals surface area contributed by atoms with Crippen molar-refractivity contribution in [2.75, 3.05) is 18.4 Å². The molecule has 1 fully saturated rings. The van der Waals surface area contributed by atoms with Gasteiger partial charge in [-0.3, -0.25) is 0 Å². The Morgan fingerprint density at radius 1 is 1.11 bits per heavy atom. The number of hydrogen-bond donors (Lipinski definition) is 2. The number of amidine groups is 1. The Labute approximate surface area is 216 Å². The first-order valence-corrected chi connectivity index (χ1v) is 12.3. The normalized spacial score (nSPS) is 16.9. The number of likely N-dealkylation sites (tertiary alicyclic amines) is 1. The van der Waals surface area contributed by atoms with Crippen LogP contribution >= 0.6 is 0 Å². The van der Waals surface area contributed by atoms with Gasteiger partial charge in [0.2, 0.25) is 0 Å². The summed E-state index contributed by atoms with van der Waals surface area (Å²) in [5.41, 5.74) is 1.85. The van der Waals surface area contributed by atoms with Crippen LogP contribution in [-0.4, -0.2) is 47.5 Å². The topological polar surface area (TPSA) is 116 Å². The molecule has 192 valence electrons. The van der Waals surface area contributed by atoms with Gasteiger partial charge in [0.25, 0.3) is 0 Å². The first-order valence-electron chi connectivity index (χ1n) is 12.3. The Bertz CT molecular complexity index is 1250. The van der Waals surface area contributed by atoms with E-state index in [-0.39, 0.29) is 18.2 Å². The van der Waals surface area contributed by atoms with E-state index in [4.69, 9.17) is 14.5 Å². The summed E-state index contributed by atoms with van der Waals surface area (Å²) in [5.74, 6) is -0.218. The zero-order valence-electron chi connectivity index (χ0n) is 21.3. The molecule has 2 aliphatic rings. The summed E-state index contributed by atoms with van der Waals surface area (Å²) in [5, 5.41) is 16.1. The largest absolute Gasteiger partial charge is 0.457 e. The van der Waals surface area contributed by atoms with Gasteiger partial charge in [-0.2, -0.15) is 5.26 Å². The molecule has 2 aromatic carbocycles. The number of carbonyl (C=O) groups is 2. The minimum Gasteiger partial charge on any atom is -0.457 e. The van der Waals surface area contributed by atoms with E-state index < -0.39 is 17.7 Å². The van der Waals surface area contributed by atoms with Crippen molar-refractivity contribution >= 4 is 29.3 Å². The second-order valence-corrected chi connectivity index (χ2v) is 9.91. The number of carbonyl (C=O) groups excluding carboxylic acids is 2. The van der Waals surface area contributed by atoms with Crippen molar-refractivity contribution in [2.45, 2.75) is 51.9 Å². The molecule has 1 saturated heterocycles. The number of nitriles is 1. The molecule has 2 aromatic rings. The molecule has 2 aliphatic heterocycles. The van der Waals surface area contributed by atoms with Gasteiger partial charge in [0.05, 0.1) is 11.4 Å². The number of anilines is 1. The van der Waals surface area contributed by atoms with Gasteiger partial charge in [-0.05, 0) is 51.3 Å². The number of piperidine rings is 1. The Morgan fingerprint density at radius 3 is 2.46 bits per heavy atom. The van der Waals surface area contributed by atoms with E-state index in [0.29, 0.717) is 48.8 Å². The van der Waals surface area contributed by atoms with Crippen molar-refractivity contribution in [3.8, 4) is 6.07 Å². The van der Waals surface area contributed by atoms with E-state index in [1.165, 1.54) is 0 Å². The molecule has 0 unspecified atom stereocenters. The van der Waals surface area contributed by atoms with Gasteiger partial charge in [-0.1, -0.05) is 42.5 Å². The standard InChI is InChI=1S/C28H31N5O4/c1-28(2,3)37-27(35)30-20-13-15-33(16-14-20)25-24(31-22-11-7-8-12-23(22)32-25)21(17-29)26(34)36-18-19-9-5-4-6-10-19/h4-12,20,31H,13-16,18H2,1-3H3,(H,30,35)/b24-21-. The molecule has 0 aliphatic carbocycles. The number of alkyl carbamates (subject to hydrolysis) is 1. The zero-order chi connectivity index (χ0) is 26.4. The number of hydrogen-bond acceptors (Lipinski definition) is 8. The maximum absolute atomic E-state index is 13.0. The number of nitrogens with one attached hydrogen (secondary N) is 2. The predicted octanol–water partition coefficient (Wildman–Crippen LogP) is 4.65. The predicted molar refractivity (Wildman–Crippen MR) is 140 cm³/mol. The van der Waals surface area contributed by atoms with Gasteiger partial charge in [-0.25, -0.2) is 14.6 Å². The Hall–Kier alpha value is -4.32. The number of ether oxygens (including phenoxy) is 2. The minimum atomic E-state index is -0.720. The van der Waals surface area contributed by atoms with Crippen LogP contribution in [0, 0.1) is 11.3 Å². The van der Waals surface area contributed by atoms with Gasteiger partial charge >= 0.3 is 12.1 Å². The van der Waals surface area contributed by atoms with E-state index in [9.17, 15) is 14.9 Å². The van der Waals surface area contributed by atoms with Crippen LogP contribution in [0.15, 0.2) is 70.9 Å². The number of nitrogens with zero attached hydrogens (tertiary/aromatic N) is 3. The number of para-hydroxylation sites is 2. The maximum Gasteiger partial charge on any atom is 0.407 e. The van der Waals surface area contributed by atoms with E-state index in [1.54, 1.807) is 0 Å². The lowest BCUT2D eigenvalue weighted by atomic mass is 10.0. The Kier molecular flexibility index (Phi) is 7.77. The number of esters is 1. The van der Waals surface area contributed by atoms with Gasteiger partial charge < -0.3 is 25.0 Å². The van der Waals surface area contributed by atoms with Crippen LogP contribution in [0.2, 0.25) is 0 Å². The second-order valence-electron chi connectivity index (χ2n) is 9.91. The Balaban J connectivity index is 1.53. The van der Waals surface area contributed by atoms with Crippen molar-refractivity contribution in [3.05, 3.63) is 71.4 Å². The maximum atomic E-state index is 13.0. The van der Waals surface area contributed by atoms with E-state index >= 15 is 0 Å². The van der Waals surface area contributed by atoms with Crippen LogP contribution in [0.25, 0.3) is 0 Å². The molecule has 4 rings (SSSR count). The third-order valence-electron chi connectivity index (χ3n) is 5.91. The molecule has 9 nitrogen and oxygen atoms in total. The quantitative estimate of drug-likeness (QED) is 0.356. The molecule has 1 amide bonds. The van der Waals surface area contributed by atoms with Gasteiger partial charge in [-0.15, -0.1) is 0 Å². The molecule has 0 radical (unpaired) electrons. The first-order chi connectivity index (χ1) is 17.7. The molecular formula is C28H31N5O4. The third-order valence-corrected chi connectivity index (χ3v) is 5.91. The number of aliphatic imine (C=N–C) groups is 1. The highest BCUT2D eigenvalue weighted by Gasteiger charge is 2.31. The summed E-state index contributed by atoms with van der Waals surface area (Å²) in [6.07, 6.45) is 0.881. The lowest BCUT2D eigenvalue weighted by molar-refractivity contribution is -0.139. The van der Waals surface area contributed by atoms with Gasteiger partial charge in [0.1, 0.15) is 24.0 Å².